The van der Waals surface area contributed by atoms with E-state index in [2.05, 4.69) is 16.0 Å². The van der Waals surface area contributed by atoms with Gasteiger partial charge in [0.2, 0.25) is 17.7 Å². The van der Waals surface area contributed by atoms with Gasteiger partial charge in [0, 0.05) is 38.8 Å². The van der Waals surface area contributed by atoms with Gasteiger partial charge in [-0.2, -0.15) is 0 Å². The molecule has 7 amide bonds. The van der Waals surface area contributed by atoms with Crippen LogP contribution in [-0.4, -0.2) is 66.6 Å². The Hall–Kier alpha value is -3.44. The molecule has 0 atom stereocenters. The third-order valence-corrected chi connectivity index (χ3v) is 2.92. The molecule has 27 heavy (non-hydrogen) atoms. The van der Waals surface area contributed by atoms with Crippen molar-refractivity contribution in [2.45, 2.75) is 19.8 Å². The lowest BCUT2D eigenvalue weighted by atomic mass is 10.3. The van der Waals surface area contributed by atoms with E-state index in [0.717, 1.165) is 23.5 Å². The molecule has 0 unspecified atom stereocenters. The van der Waals surface area contributed by atoms with Crippen molar-refractivity contribution in [1.29, 1.82) is 0 Å². The molecular weight excluding hydrogens is 360 g/mol. The molecule has 0 fully saturated rings. The summed E-state index contributed by atoms with van der Waals surface area (Å²) < 4.78 is 0. The van der Waals surface area contributed by atoms with Gasteiger partial charge in [0.1, 0.15) is 0 Å². The van der Waals surface area contributed by atoms with Gasteiger partial charge in [0.25, 0.3) is 11.8 Å². The molecule has 0 aliphatic carbocycles. The van der Waals surface area contributed by atoms with E-state index in [1.54, 1.807) is 0 Å². The summed E-state index contributed by atoms with van der Waals surface area (Å²) in [4.78, 5) is 66.1. The van der Waals surface area contributed by atoms with E-state index in [1.165, 1.54) is 0 Å². The van der Waals surface area contributed by atoms with Crippen molar-refractivity contribution in [3.63, 3.8) is 0 Å². The van der Waals surface area contributed by atoms with Crippen LogP contribution in [-0.2, 0) is 24.0 Å². The molecule has 1 rings (SSSR count). The second-order valence-electron chi connectivity index (χ2n) is 5.22. The number of primary amides is 2. The minimum absolute atomic E-state index is 0. The normalized spacial score (nSPS) is 12.1. The zero-order chi connectivity index (χ0) is 20.8. The maximum Gasteiger partial charge on any atom is 0.312 e. The van der Waals surface area contributed by atoms with E-state index < -0.39 is 35.6 Å². The predicted molar refractivity (Wildman–Crippen MR) is 104 cm³/mol. The lowest BCUT2D eigenvalue weighted by Crippen LogP contribution is -2.41. The Morgan fingerprint density at radius 2 is 1.52 bits per heavy atom. The van der Waals surface area contributed by atoms with Gasteiger partial charge in [-0.3, -0.25) is 28.9 Å². The average Bonchev–Trinajstić information content (AvgIpc) is 2.93. The summed E-state index contributed by atoms with van der Waals surface area (Å²) >= 11 is 0. The molecule has 0 spiro atoms. The fraction of sp³-hybridized carbons (Fsp3) is 0.467. The largest absolute Gasteiger partial charge is 0.368 e. The highest BCUT2D eigenvalue weighted by molar-refractivity contribution is 6.13. The first kappa shape index (κ1) is 23.6. The van der Waals surface area contributed by atoms with Crippen molar-refractivity contribution in [3.8, 4) is 0 Å². The third kappa shape index (κ3) is 11.7. The van der Waals surface area contributed by atoms with Crippen LogP contribution in [0.5, 0.6) is 0 Å². The van der Waals surface area contributed by atoms with Crippen LogP contribution in [0.3, 0.4) is 0 Å². The summed E-state index contributed by atoms with van der Waals surface area (Å²) in [6, 6.07) is -0.443. The summed E-state index contributed by atoms with van der Waals surface area (Å²) in [5.41, 5.74) is 9.55. The lowest BCUT2D eigenvalue weighted by Gasteiger charge is -2.13. The SMILES string of the molecule is CCCNC(N)=O.NC(=O)CNC(=O)CNC(=O)CCN1C(=O)C=CC1=O.[HH].[HH].[HH].[HH].[HH]. The second kappa shape index (κ2) is 12.9. The fourth-order valence-corrected chi connectivity index (χ4v) is 1.63. The van der Waals surface area contributed by atoms with Crippen LogP contribution in [0.25, 0.3) is 0 Å². The average molecular weight is 394 g/mol. The van der Waals surface area contributed by atoms with Crippen LogP contribution < -0.4 is 27.4 Å². The van der Waals surface area contributed by atoms with Crippen molar-refractivity contribution in [1.82, 2.24) is 20.9 Å². The Balaban J connectivity index is -0.000000124. The molecule has 0 radical (unpaired) electrons. The molecule has 0 saturated heterocycles. The Labute approximate surface area is 163 Å². The molecule has 12 nitrogen and oxygen atoms in total. The molecule has 1 aliphatic rings. The van der Waals surface area contributed by atoms with Crippen molar-refractivity contribution < 1.29 is 35.9 Å². The first-order valence-electron chi connectivity index (χ1n) is 8.05. The topological polar surface area (TPSA) is 194 Å². The number of imide groups is 1. The number of rotatable bonds is 9. The standard InChI is InChI=1S/C11H14N4O5.C4H10N2O.5H2/c12-7(16)5-13-9(18)6-14-8(17)3-4-15-10(19)1-2-11(15)20;1-2-3-6-4(5)7;;;;;/h1-2H,3-6H2,(H2,12,16)(H,13,18)(H,14,17);2-3H2,1H3,(H3,5,6,7);5*1H. The molecule has 12 heteroatoms. The molecule has 1 heterocycles. The summed E-state index contributed by atoms with van der Waals surface area (Å²) in [5, 5.41) is 6.91. The molecule has 7 N–H and O–H groups in total. The van der Waals surface area contributed by atoms with Gasteiger partial charge in [-0.05, 0) is 6.42 Å². The number of carbonyl (C=O) groups is 6. The molecule has 160 valence electrons. The Morgan fingerprint density at radius 3 is 1.96 bits per heavy atom. The maximum absolute atomic E-state index is 11.4. The summed E-state index contributed by atoms with van der Waals surface area (Å²) in [6.07, 6.45) is 3.07. The molecule has 1 aliphatic heterocycles. The quantitative estimate of drug-likeness (QED) is 0.289. The number of nitrogens with one attached hydrogen (secondary N) is 3. The maximum atomic E-state index is 11.4. The van der Waals surface area contributed by atoms with Gasteiger partial charge in [-0.1, -0.05) is 6.92 Å². The van der Waals surface area contributed by atoms with E-state index in [9.17, 15) is 28.8 Å². The van der Waals surface area contributed by atoms with Crippen LogP contribution in [0, 0.1) is 0 Å². The van der Waals surface area contributed by atoms with Gasteiger partial charge in [-0.25, -0.2) is 4.79 Å². The first-order chi connectivity index (χ1) is 12.7. The van der Waals surface area contributed by atoms with E-state index in [1.807, 2.05) is 6.92 Å². The van der Waals surface area contributed by atoms with Crippen molar-refractivity contribution in [3.05, 3.63) is 12.2 Å². The highest BCUT2D eigenvalue weighted by Gasteiger charge is 2.23. The fourth-order valence-electron chi connectivity index (χ4n) is 1.63. The highest BCUT2D eigenvalue weighted by Crippen LogP contribution is 2.03. The second-order valence-corrected chi connectivity index (χ2v) is 5.22. The number of carbonyl (C=O) groups excluding carboxylic acids is 6. The van der Waals surface area contributed by atoms with Crippen LogP contribution in [0.15, 0.2) is 12.2 Å². The van der Waals surface area contributed by atoms with Crippen LogP contribution in [0.4, 0.5) is 4.79 Å². The van der Waals surface area contributed by atoms with Crippen LogP contribution in [0.1, 0.15) is 26.9 Å². The number of urea groups is 1. The molecule has 0 saturated carbocycles. The summed E-state index contributed by atoms with van der Waals surface area (Å²) in [6.45, 7) is 1.97. The minimum atomic E-state index is -0.691. The van der Waals surface area contributed by atoms with E-state index in [0.29, 0.717) is 6.54 Å². The minimum Gasteiger partial charge on any atom is -0.368 e. The highest BCUT2D eigenvalue weighted by atomic mass is 16.2. The zero-order valence-electron chi connectivity index (χ0n) is 14.9. The lowest BCUT2D eigenvalue weighted by molar-refractivity contribution is -0.137. The van der Waals surface area contributed by atoms with E-state index >= 15 is 0 Å². The Morgan fingerprint density at radius 1 is 0.963 bits per heavy atom. The van der Waals surface area contributed by atoms with Crippen molar-refractivity contribution in [2.24, 2.45) is 11.5 Å². The van der Waals surface area contributed by atoms with Crippen LogP contribution >= 0.6 is 0 Å². The number of amides is 7. The molecule has 0 aromatic heterocycles. The van der Waals surface area contributed by atoms with Crippen LogP contribution in [0.2, 0.25) is 0 Å². The van der Waals surface area contributed by atoms with E-state index in [-0.39, 0.29) is 33.2 Å². The number of hydrogen-bond acceptors (Lipinski definition) is 6. The van der Waals surface area contributed by atoms with Crippen molar-refractivity contribution in [2.75, 3.05) is 26.2 Å². The number of hydrogen-bond donors (Lipinski definition) is 5. The van der Waals surface area contributed by atoms with Crippen molar-refractivity contribution >= 4 is 35.6 Å². The summed E-state index contributed by atoms with van der Waals surface area (Å²) in [5.74, 6) is -2.69. The third-order valence-electron chi connectivity index (χ3n) is 2.92. The Bertz CT molecular complexity index is 620. The Kier molecular flexibility index (Phi) is 11.2. The smallest absolute Gasteiger partial charge is 0.312 e. The summed E-state index contributed by atoms with van der Waals surface area (Å²) in [7, 11) is 0. The first-order valence-corrected chi connectivity index (χ1v) is 8.05. The zero-order valence-corrected chi connectivity index (χ0v) is 14.9. The van der Waals surface area contributed by atoms with E-state index in [4.69, 9.17) is 11.5 Å². The molecular formula is C15H34N6O6. The predicted octanol–water partition coefficient (Wildman–Crippen LogP) is -1.69. The molecule has 0 bridgehead atoms. The number of nitrogens with two attached hydrogens (primary N) is 2. The monoisotopic (exact) mass is 394 g/mol. The van der Waals surface area contributed by atoms with Gasteiger partial charge in [0.05, 0.1) is 13.1 Å². The molecule has 0 aromatic carbocycles. The van der Waals surface area contributed by atoms with Gasteiger partial charge in [0.15, 0.2) is 0 Å². The van der Waals surface area contributed by atoms with Gasteiger partial charge >= 0.3 is 6.03 Å². The number of nitrogens with zero attached hydrogens (tertiary/aromatic N) is 1. The van der Waals surface area contributed by atoms with Gasteiger partial charge < -0.3 is 27.4 Å². The van der Waals surface area contributed by atoms with Gasteiger partial charge in [-0.15, -0.1) is 0 Å². The molecule has 0 aromatic rings.